The number of hydrogen-bond acceptors (Lipinski definition) is 1. The molecule has 23 heavy (non-hydrogen) atoms. The maximum Gasteiger partial charge on any atom is 0.355 e. The highest BCUT2D eigenvalue weighted by molar-refractivity contribution is 7.08. The van der Waals surface area contributed by atoms with Crippen LogP contribution in [0.1, 0.15) is 0 Å². The molecule has 3 rings (SSSR count). The average molecular weight is 375 g/mol. The van der Waals surface area contributed by atoms with Crippen LogP contribution in [0.2, 0.25) is 0 Å². The lowest BCUT2D eigenvalue weighted by molar-refractivity contribution is 0.643. The first-order valence-electron chi connectivity index (χ1n) is 6.92. The number of hydrogen-bond donors (Lipinski definition) is 0. The van der Waals surface area contributed by atoms with Crippen molar-refractivity contribution < 1.29 is 3.48 Å². The van der Waals surface area contributed by atoms with Gasteiger partial charge >= 0.3 is 16.6 Å². The van der Waals surface area contributed by atoms with Gasteiger partial charge in [0.05, 0.1) is 0 Å². The number of rotatable bonds is 4. The van der Waals surface area contributed by atoms with Crippen molar-refractivity contribution in [1.29, 1.82) is 0 Å². The van der Waals surface area contributed by atoms with E-state index >= 15 is 0 Å². The topological polar surface area (TPSA) is 9.23 Å². The van der Waals surface area contributed by atoms with Gasteiger partial charge in [0, 0.05) is 0 Å². The molecule has 3 aromatic rings. The van der Waals surface area contributed by atoms with Gasteiger partial charge in [-0.15, -0.1) is 24.8 Å². The molecule has 0 unspecified atom stereocenters. The first-order valence-corrected chi connectivity index (χ1v) is 9.30. The third-order valence-electron chi connectivity index (χ3n) is 3.72. The molecule has 0 saturated carbocycles. The zero-order valence-electron chi connectivity index (χ0n) is 12.5. The molecule has 0 saturated heterocycles. The monoisotopic (exact) mass is 374 g/mol. The fourth-order valence-electron chi connectivity index (χ4n) is 2.72. The maximum atomic E-state index is 6.15. The molecule has 0 heterocycles. The average Bonchev–Trinajstić information content (AvgIpc) is 2.59. The summed E-state index contributed by atoms with van der Waals surface area (Å²) in [5, 5.41) is 3.74. The minimum atomic E-state index is -2.43. The van der Waals surface area contributed by atoms with Crippen LogP contribution in [0.4, 0.5) is 0 Å². The molecule has 2 radical (unpaired) electrons. The summed E-state index contributed by atoms with van der Waals surface area (Å²) in [6.45, 7) is 0. The van der Waals surface area contributed by atoms with Gasteiger partial charge in [-0.2, -0.15) is 0 Å². The standard InChI is InChI=1S/C18H15OSi.Al.2ClH/c19-20(16-10-4-1-5-11-16,17-12-6-2-7-13-17)18-14-8-3-9-15-18;;;/h1-15H;;2*1H/q-1;+1;;. The molecule has 3 aromatic carbocycles. The third-order valence-corrected chi connectivity index (χ3v) is 8.57. The Bertz CT molecular complexity index is 599. The van der Waals surface area contributed by atoms with Crippen molar-refractivity contribution in [2.45, 2.75) is 0 Å². The Kier molecular flexibility index (Phi) is 8.08. The second kappa shape index (κ2) is 9.30. The van der Waals surface area contributed by atoms with Gasteiger partial charge in [0.1, 0.15) is 0 Å². The van der Waals surface area contributed by atoms with Gasteiger partial charge in [-0.1, -0.05) is 91.0 Å². The highest BCUT2D eigenvalue weighted by Gasteiger charge is 2.38. The van der Waals surface area contributed by atoms with Gasteiger partial charge in [0.15, 0.2) is 0 Å². The van der Waals surface area contributed by atoms with E-state index in [9.17, 15) is 0 Å². The highest BCUT2D eigenvalue weighted by atomic mass is 35.5. The lowest BCUT2D eigenvalue weighted by atomic mass is 10.3. The second-order valence-corrected chi connectivity index (χ2v) is 8.93. The van der Waals surface area contributed by atoms with Crippen molar-refractivity contribution >= 4 is 65.3 Å². The predicted octanol–water partition coefficient (Wildman–Crippen LogP) is 2.60. The van der Waals surface area contributed by atoms with Crippen LogP contribution in [0.3, 0.4) is 0 Å². The van der Waals surface area contributed by atoms with Crippen LogP contribution in [0.25, 0.3) is 0 Å². The van der Waals surface area contributed by atoms with Crippen LogP contribution >= 0.6 is 24.8 Å². The summed E-state index contributed by atoms with van der Waals surface area (Å²) < 4.78 is 6.15. The normalized spacial score (nSPS) is 10.3. The Morgan fingerprint density at radius 1 is 0.522 bits per heavy atom. The van der Waals surface area contributed by atoms with E-state index in [-0.39, 0.29) is 24.8 Å². The predicted molar refractivity (Wildman–Crippen MR) is 105 cm³/mol. The minimum absolute atomic E-state index is 0. The summed E-state index contributed by atoms with van der Waals surface area (Å²) >= 11 is 2.50. The van der Waals surface area contributed by atoms with Crippen LogP contribution < -0.4 is 15.6 Å². The minimum Gasteiger partial charge on any atom is -0.548 e. The van der Waals surface area contributed by atoms with Crippen molar-refractivity contribution in [3.8, 4) is 0 Å². The Morgan fingerprint density at radius 2 is 0.783 bits per heavy atom. The fourth-order valence-corrected chi connectivity index (χ4v) is 7.34. The van der Waals surface area contributed by atoms with Gasteiger partial charge in [0.2, 0.25) is 0 Å². The molecule has 0 N–H and O–H groups in total. The summed E-state index contributed by atoms with van der Waals surface area (Å²) in [7, 11) is -2.43. The van der Waals surface area contributed by atoms with Crippen molar-refractivity contribution in [2.75, 3.05) is 0 Å². The molecule has 0 atom stereocenters. The Labute approximate surface area is 159 Å². The van der Waals surface area contributed by atoms with Gasteiger partial charge in [-0.25, -0.2) is 0 Å². The van der Waals surface area contributed by atoms with E-state index in [2.05, 4.69) is 89.4 Å². The first-order chi connectivity index (χ1) is 10.4. The fraction of sp³-hybridized carbons (Fsp3) is 0. The van der Waals surface area contributed by atoms with Gasteiger partial charge < -0.3 is 3.48 Å². The zero-order valence-corrected chi connectivity index (χ0v) is 16.3. The van der Waals surface area contributed by atoms with E-state index in [0.717, 1.165) is 0 Å². The van der Waals surface area contributed by atoms with Crippen molar-refractivity contribution in [1.82, 2.24) is 0 Å². The first kappa shape index (κ1) is 20.0. The van der Waals surface area contributed by atoms with E-state index in [4.69, 9.17) is 3.48 Å². The van der Waals surface area contributed by atoms with Crippen molar-refractivity contribution in [3.05, 3.63) is 91.0 Å². The van der Waals surface area contributed by atoms with E-state index in [1.165, 1.54) is 15.6 Å². The van der Waals surface area contributed by atoms with Crippen LogP contribution in [-0.4, -0.2) is 24.9 Å². The Hall–Kier alpha value is -1.05. The SMILES string of the molecule is Cl.Cl.[Al][O][Si](c1ccccc1)(c1ccccc1)c1ccccc1. The van der Waals surface area contributed by atoms with Crippen molar-refractivity contribution in [3.63, 3.8) is 0 Å². The maximum absolute atomic E-state index is 6.15. The summed E-state index contributed by atoms with van der Waals surface area (Å²) in [5.74, 6) is 0. The molecule has 0 aromatic heterocycles. The molecular weight excluding hydrogens is 358 g/mol. The lowest BCUT2D eigenvalue weighted by Gasteiger charge is -2.33. The van der Waals surface area contributed by atoms with Crippen LogP contribution in [0, 0.1) is 0 Å². The van der Waals surface area contributed by atoms with Crippen LogP contribution in [0.15, 0.2) is 91.0 Å². The smallest absolute Gasteiger partial charge is 0.355 e. The van der Waals surface area contributed by atoms with Crippen molar-refractivity contribution in [2.24, 2.45) is 0 Å². The summed E-state index contributed by atoms with van der Waals surface area (Å²) in [5.41, 5.74) is 0. The van der Waals surface area contributed by atoms with Crippen LogP contribution in [0.5, 0.6) is 0 Å². The Morgan fingerprint density at radius 3 is 1.00 bits per heavy atom. The van der Waals surface area contributed by atoms with Gasteiger partial charge in [0.25, 0.3) is 8.32 Å². The molecule has 0 aliphatic heterocycles. The molecule has 5 heteroatoms. The van der Waals surface area contributed by atoms with E-state index in [1.54, 1.807) is 0 Å². The molecular formula is C18H17AlCl2OSi. The second-order valence-electron chi connectivity index (χ2n) is 4.90. The highest BCUT2D eigenvalue weighted by Crippen LogP contribution is 2.07. The summed E-state index contributed by atoms with van der Waals surface area (Å²) in [6.07, 6.45) is 0. The van der Waals surface area contributed by atoms with Gasteiger partial charge in [-0.3, -0.25) is 0 Å². The third kappa shape index (κ3) is 3.89. The molecule has 0 spiro atoms. The van der Waals surface area contributed by atoms with Crippen LogP contribution in [-0.2, 0) is 3.48 Å². The zero-order chi connectivity index (χ0) is 14.5. The van der Waals surface area contributed by atoms with E-state index < -0.39 is 8.32 Å². The lowest BCUT2D eigenvalue weighted by Crippen LogP contribution is -2.69. The molecule has 0 amide bonds. The Balaban J connectivity index is 0.00000132. The molecule has 116 valence electrons. The van der Waals surface area contributed by atoms with E-state index in [1.807, 2.05) is 18.2 Å². The van der Waals surface area contributed by atoms with Gasteiger partial charge in [-0.05, 0) is 15.6 Å². The molecule has 0 bridgehead atoms. The largest absolute Gasteiger partial charge is 0.548 e. The molecule has 0 fully saturated rings. The molecule has 1 nitrogen and oxygen atoms in total. The molecule has 0 aliphatic carbocycles. The number of halogens is 2. The van der Waals surface area contributed by atoms with E-state index in [0.29, 0.717) is 0 Å². The summed E-state index contributed by atoms with van der Waals surface area (Å²) in [4.78, 5) is 0. The molecule has 0 aliphatic rings. The number of benzene rings is 3. The summed E-state index contributed by atoms with van der Waals surface area (Å²) in [6, 6.07) is 31.6. The quantitative estimate of drug-likeness (QED) is 0.503.